The molecule has 0 saturated carbocycles. The Kier molecular flexibility index (Phi) is 2.62. The van der Waals surface area contributed by atoms with Gasteiger partial charge >= 0.3 is 6.09 Å². The smallest absolute Gasteiger partial charge is 0.407 e. The van der Waals surface area contributed by atoms with Crippen molar-refractivity contribution in [3.63, 3.8) is 0 Å². The minimum atomic E-state index is -0.329. The summed E-state index contributed by atoms with van der Waals surface area (Å²) in [4.78, 5) is 10.9. The van der Waals surface area contributed by atoms with Crippen LogP contribution in [0.15, 0.2) is 24.3 Å². The van der Waals surface area contributed by atoms with Crippen molar-refractivity contribution in [2.75, 3.05) is 6.61 Å². The Morgan fingerprint density at radius 2 is 1.88 bits per heavy atom. The summed E-state index contributed by atoms with van der Waals surface area (Å²) in [5.41, 5.74) is 2.55. The molecule has 2 rings (SSSR count). The number of hydrogen-bond donors (Lipinski definition) is 1. The van der Waals surface area contributed by atoms with E-state index in [1.165, 1.54) is 5.56 Å². The molecule has 1 fully saturated rings. The molecule has 1 unspecified atom stereocenters. The number of rotatable bonds is 1. The van der Waals surface area contributed by atoms with Crippen LogP contribution in [-0.2, 0) is 10.2 Å². The fourth-order valence-electron chi connectivity index (χ4n) is 1.78. The molecular formula is C13H17NO2. The highest BCUT2D eigenvalue weighted by atomic mass is 16.6. The molecule has 0 aromatic heterocycles. The molecule has 1 atom stereocenters. The molecule has 1 aromatic rings. The van der Waals surface area contributed by atoms with Crippen LogP contribution in [0.25, 0.3) is 0 Å². The van der Waals surface area contributed by atoms with Gasteiger partial charge in [0.15, 0.2) is 0 Å². The van der Waals surface area contributed by atoms with E-state index in [1.54, 1.807) is 0 Å². The van der Waals surface area contributed by atoms with Crippen LogP contribution in [0.4, 0.5) is 4.79 Å². The van der Waals surface area contributed by atoms with E-state index >= 15 is 0 Å². The average molecular weight is 219 g/mol. The van der Waals surface area contributed by atoms with Crippen LogP contribution in [0.2, 0.25) is 0 Å². The van der Waals surface area contributed by atoms with Gasteiger partial charge in [0.1, 0.15) is 6.61 Å². The Morgan fingerprint density at radius 1 is 1.25 bits per heavy atom. The summed E-state index contributed by atoms with van der Waals surface area (Å²) >= 11 is 0. The Bertz CT molecular complexity index is 389. The van der Waals surface area contributed by atoms with Crippen molar-refractivity contribution in [3.8, 4) is 0 Å². The molecule has 1 saturated heterocycles. The summed E-state index contributed by atoms with van der Waals surface area (Å²) in [6, 6.07) is 8.33. The third-order valence-corrected chi connectivity index (χ3v) is 2.85. The van der Waals surface area contributed by atoms with Crippen molar-refractivity contribution in [1.82, 2.24) is 5.32 Å². The fraction of sp³-hybridized carbons (Fsp3) is 0.462. The largest absolute Gasteiger partial charge is 0.447 e. The minimum Gasteiger partial charge on any atom is -0.447 e. The molecule has 1 amide bonds. The number of carbonyl (C=O) groups is 1. The molecule has 0 radical (unpaired) electrons. The van der Waals surface area contributed by atoms with Crippen LogP contribution < -0.4 is 5.32 Å². The first-order valence-corrected chi connectivity index (χ1v) is 5.50. The Morgan fingerprint density at radius 3 is 2.31 bits per heavy atom. The van der Waals surface area contributed by atoms with E-state index in [-0.39, 0.29) is 17.6 Å². The van der Waals surface area contributed by atoms with Gasteiger partial charge in [-0.15, -0.1) is 0 Å². The second-order valence-corrected chi connectivity index (χ2v) is 5.17. The molecule has 1 aliphatic heterocycles. The van der Waals surface area contributed by atoms with Gasteiger partial charge in [0.25, 0.3) is 0 Å². The standard InChI is InChI=1S/C13H17NO2/c1-13(2,3)10-6-4-9(5-7-10)11-8-16-12(15)14-11/h4-7,11H,8H2,1-3H3,(H,14,15). The Labute approximate surface area is 95.8 Å². The molecule has 16 heavy (non-hydrogen) atoms. The van der Waals surface area contributed by atoms with Crippen LogP contribution in [0.1, 0.15) is 37.9 Å². The van der Waals surface area contributed by atoms with E-state index in [2.05, 4.69) is 50.4 Å². The van der Waals surface area contributed by atoms with Gasteiger partial charge in [0, 0.05) is 0 Å². The number of benzene rings is 1. The van der Waals surface area contributed by atoms with Crippen LogP contribution >= 0.6 is 0 Å². The van der Waals surface area contributed by atoms with Crippen molar-refractivity contribution in [1.29, 1.82) is 0 Å². The van der Waals surface area contributed by atoms with E-state index in [0.29, 0.717) is 6.61 Å². The second kappa shape index (κ2) is 3.81. The first-order chi connectivity index (χ1) is 7.47. The van der Waals surface area contributed by atoms with Gasteiger partial charge in [-0.1, -0.05) is 45.0 Å². The quantitative estimate of drug-likeness (QED) is 0.788. The number of carbonyl (C=O) groups excluding carboxylic acids is 1. The summed E-state index contributed by atoms with van der Waals surface area (Å²) in [7, 11) is 0. The Balaban J connectivity index is 2.17. The van der Waals surface area contributed by atoms with Gasteiger partial charge in [0.05, 0.1) is 6.04 Å². The molecule has 1 aromatic carbocycles. The van der Waals surface area contributed by atoms with Crippen molar-refractivity contribution in [2.24, 2.45) is 0 Å². The number of nitrogens with one attached hydrogen (secondary N) is 1. The van der Waals surface area contributed by atoms with E-state index in [0.717, 1.165) is 5.56 Å². The molecule has 1 N–H and O–H groups in total. The first-order valence-electron chi connectivity index (χ1n) is 5.50. The zero-order valence-corrected chi connectivity index (χ0v) is 9.91. The highest BCUT2D eigenvalue weighted by molar-refractivity contribution is 5.70. The van der Waals surface area contributed by atoms with E-state index in [4.69, 9.17) is 4.74 Å². The van der Waals surface area contributed by atoms with Crippen LogP contribution in [0.5, 0.6) is 0 Å². The van der Waals surface area contributed by atoms with Gasteiger partial charge < -0.3 is 10.1 Å². The monoisotopic (exact) mass is 219 g/mol. The van der Waals surface area contributed by atoms with Crippen LogP contribution in [0, 0.1) is 0 Å². The highest BCUT2D eigenvalue weighted by Gasteiger charge is 2.24. The summed E-state index contributed by atoms with van der Waals surface area (Å²) < 4.78 is 4.87. The molecule has 0 bridgehead atoms. The van der Waals surface area contributed by atoms with E-state index < -0.39 is 0 Å². The fourth-order valence-corrected chi connectivity index (χ4v) is 1.78. The summed E-state index contributed by atoms with van der Waals surface area (Å²) in [5.74, 6) is 0. The molecular weight excluding hydrogens is 202 g/mol. The zero-order chi connectivity index (χ0) is 11.8. The van der Waals surface area contributed by atoms with E-state index in [9.17, 15) is 4.79 Å². The number of amides is 1. The third kappa shape index (κ3) is 2.18. The molecule has 3 nitrogen and oxygen atoms in total. The predicted molar refractivity (Wildman–Crippen MR) is 62.4 cm³/mol. The number of alkyl carbamates (subject to hydrolysis) is 1. The molecule has 0 spiro atoms. The normalized spacial score (nSPS) is 20.4. The maximum absolute atomic E-state index is 10.9. The van der Waals surface area contributed by atoms with Crippen molar-refractivity contribution in [3.05, 3.63) is 35.4 Å². The number of cyclic esters (lactones) is 1. The van der Waals surface area contributed by atoms with E-state index in [1.807, 2.05) is 0 Å². The second-order valence-electron chi connectivity index (χ2n) is 5.17. The molecule has 0 aliphatic carbocycles. The zero-order valence-electron chi connectivity index (χ0n) is 9.91. The summed E-state index contributed by atoms with van der Waals surface area (Å²) in [5, 5.41) is 2.77. The van der Waals surface area contributed by atoms with Gasteiger partial charge in [-0.2, -0.15) is 0 Å². The van der Waals surface area contributed by atoms with Crippen LogP contribution in [-0.4, -0.2) is 12.7 Å². The first kappa shape index (κ1) is 11.0. The van der Waals surface area contributed by atoms with Crippen molar-refractivity contribution in [2.45, 2.75) is 32.2 Å². The lowest BCUT2D eigenvalue weighted by atomic mass is 9.86. The molecule has 1 heterocycles. The maximum Gasteiger partial charge on any atom is 0.407 e. The van der Waals surface area contributed by atoms with Crippen molar-refractivity contribution < 1.29 is 9.53 Å². The van der Waals surface area contributed by atoms with Crippen molar-refractivity contribution >= 4 is 6.09 Å². The molecule has 86 valence electrons. The van der Waals surface area contributed by atoms with Crippen LogP contribution in [0.3, 0.4) is 0 Å². The predicted octanol–water partition coefficient (Wildman–Crippen LogP) is 2.77. The number of hydrogen-bond acceptors (Lipinski definition) is 2. The SMILES string of the molecule is CC(C)(C)c1ccc(C2COC(=O)N2)cc1. The number of ether oxygens (including phenoxy) is 1. The lowest BCUT2D eigenvalue weighted by Gasteiger charge is -2.19. The lowest BCUT2D eigenvalue weighted by Crippen LogP contribution is -2.18. The third-order valence-electron chi connectivity index (χ3n) is 2.85. The van der Waals surface area contributed by atoms with Gasteiger partial charge in [-0.05, 0) is 16.5 Å². The highest BCUT2D eigenvalue weighted by Crippen LogP contribution is 2.25. The topological polar surface area (TPSA) is 38.3 Å². The molecule has 1 aliphatic rings. The lowest BCUT2D eigenvalue weighted by molar-refractivity contribution is 0.177. The van der Waals surface area contributed by atoms with Gasteiger partial charge in [0.2, 0.25) is 0 Å². The van der Waals surface area contributed by atoms with Gasteiger partial charge in [-0.3, -0.25) is 0 Å². The Hall–Kier alpha value is -1.51. The van der Waals surface area contributed by atoms with Gasteiger partial charge in [-0.25, -0.2) is 4.79 Å². The maximum atomic E-state index is 10.9. The summed E-state index contributed by atoms with van der Waals surface area (Å²) in [6.07, 6.45) is -0.329. The summed E-state index contributed by atoms with van der Waals surface area (Å²) in [6.45, 7) is 6.97. The molecule has 3 heteroatoms. The minimum absolute atomic E-state index is 0.00141. The average Bonchev–Trinajstić information content (AvgIpc) is 2.64.